The topological polar surface area (TPSA) is 51.2 Å². The van der Waals surface area contributed by atoms with Gasteiger partial charge < -0.3 is 4.42 Å². The van der Waals surface area contributed by atoms with Gasteiger partial charge in [-0.05, 0) is 40.9 Å². The van der Waals surface area contributed by atoms with Gasteiger partial charge in [0.1, 0.15) is 5.76 Å². The molecule has 0 saturated carbocycles. The fraction of sp³-hybridized carbons (Fsp3) is 0.231. The molecule has 0 aliphatic carbocycles. The Labute approximate surface area is 109 Å². The van der Waals surface area contributed by atoms with Crippen molar-refractivity contribution >= 4 is 15.9 Å². The zero-order valence-corrected chi connectivity index (χ0v) is 11.2. The van der Waals surface area contributed by atoms with E-state index in [2.05, 4.69) is 52.5 Å². The molecule has 1 aromatic heterocycles. The molecule has 90 valence electrons. The normalized spacial score (nSPS) is 12.6. The number of halogens is 1. The van der Waals surface area contributed by atoms with Crippen LogP contribution in [0.3, 0.4) is 0 Å². The molecule has 1 unspecified atom stereocenters. The number of benzene rings is 1. The zero-order valence-electron chi connectivity index (χ0n) is 9.61. The fourth-order valence-corrected chi connectivity index (χ4v) is 2.33. The molecule has 0 amide bonds. The predicted octanol–water partition coefficient (Wildman–Crippen LogP) is 3.10. The number of hydrogen-bond donors (Lipinski definition) is 2. The van der Waals surface area contributed by atoms with Crippen LogP contribution in [0.25, 0.3) is 0 Å². The van der Waals surface area contributed by atoms with Gasteiger partial charge in [0.25, 0.3) is 0 Å². The maximum Gasteiger partial charge on any atom is 0.136 e. The third-order valence-corrected chi connectivity index (χ3v) is 3.34. The Morgan fingerprint density at radius 2 is 2.24 bits per heavy atom. The quantitative estimate of drug-likeness (QED) is 0.673. The highest BCUT2D eigenvalue weighted by Gasteiger charge is 2.16. The van der Waals surface area contributed by atoms with Crippen LogP contribution in [0.5, 0.6) is 0 Å². The van der Waals surface area contributed by atoms with Gasteiger partial charge in [-0.1, -0.05) is 29.8 Å². The van der Waals surface area contributed by atoms with Crippen molar-refractivity contribution in [3.8, 4) is 0 Å². The Balaban J connectivity index is 2.19. The summed E-state index contributed by atoms with van der Waals surface area (Å²) in [6.45, 7) is 2.08. The lowest BCUT2D eigenvalue weighted by Gasteiger charge is -2.14. The molecule has 1 aromatic carbocycles. The van der Waals surface area contributed by atoms with E-state index in [1.165, 1.54) is 11.1 Å². The van der Waals surface area contributed by atoms with Gasteiger partial charge in [-0.2, -0.15) is 0 Å². The molecule has 0 radical (unpaired) electrons. The van der Waals surface area contributed by atoms with Crippen LogP contribution in [-0.4, -0.2) is 0 Å². The first kappa shape index (κ1) is 12.4. The molecule has 3 nitrogen and oxygen atoms in total. The smallest absolute Gasteiger partial charge is 0.136 e. The number of furan rings is 1. The molecule has 4 heteroatoms. The van der Waals surface area contributed by atoms with Gasteiger partial charge in [-0.15, -0.1) is 0 Å². The van der Waals surface area contributed by atoms with Crippen LogP contribution in [0.15, 0.2) is 45.5 Å². The predicted molar refractivity (Wildman–Crippen MR) is 71.4 cm³/mol. The second-order valence-electron chi connectivity index (χ2n) is 4.05. The molecule has 1 atom stereocenters. The van der Waals surface area contributed by atoms with Crippen molar-refractivity contribution in [2.75, 3.05) is 0 Å². The van der Waals surface area contributed by atoms with Crippen molar-refractivity contribution in [2.45, 2.75) is 19.4 Å². The lowest BCUT2D eigenvalue weighted by Crippen LogP contribution is -2.29. The summed E-state index contributed by atoms with van der Waals surface area (Å²) in [5, 5.41) is 0. The van der Waals surface area contributed by atoms with Crippen molar-refractivity contribution < 1.29 is 4.42 Å². The minimum atomic E-state index is -0.0267. The Hall–Kier alpha value is -1.10. The molecule has 3 N–H and O–H groups in total. The minimum absolute atomic E-state index is 0.0267. The summed E-state index contributed by atoms with van der Waals surface area (Å²) in [4.78, 5) is 0. The summed E-state index contributed by atoms with van der Waals surface area (Å²) in [5.41, 5.74) is 5.27. The van der Waals surface area contributed by atoms with Crippen LogP contribution >= 0.6 is 15.9 Å². The van der Waals surface area contributed by atoms with Crippen molar-refractivity contribution in [1.82, 2.24) is 5.43 Å². The number of nitrogens with two attached hydrogens (primary N) is 1. The van der Waals surface area contributed by atoms with Crippen molar-refractivity contribution in [1.29, 1.82) is 0 Å². The molecule has 1 heterocycles. The monoisotopic (exact) mass is 294 g/mol. The maximum absolute atomic E-state index is 5.59. The van der Waals surface area contributed by atoms with Crippen molar-refractivity contribution in [2.24, 2.45) is 5.84 Å². The van der Waals surface area contributed by atoms with Crippen LogP contribution in [0.2, 0.25) is 0 Å². The van der Waals surface area contributed by atoms with E-state index in [1.807, 2.05) is 6.07 Å². The van der Waals surface area contributed by atoms with Gasteiger partial charge in [0.05, 0.1) is 16.8 Å². The molecule has 2 aromatic rings. The number of hydrazine groups is 1. The zero-order chi connectivity index (χ0) is 12.3. The third-order valence-electron chi connectivity index (χ3n) is 2.68. The number of aryl methyl sites for hydroxylation is 1. The van der Waals surface area contributed by atoms with Gasteiger partial charge in [0, 0.05) is 0 Å². The Kier molecular flexibility index (Phi) is 3.99. The maximum atomic E-state index is 5.59. The fourth-order valence-electron chi connectivity index (χ4n) is 1.86. The van der Waals surface area contributed by atoms with E-state index >= 15 is 0 Å². The van der Waals surface area contributed by atoms with E-state index in [-0.39, 0.29) is 6.04 Å². The summed E-state index contributed by atoms with van der Waals surface area (Å²) >= 11 is 3.45. The molecular weight excluding hydrogens is 280 g/mol. The highest BCUT2D eigenvalue weighted by atomic mass is 79.9. The molecule has 0 spiro atoms. The first-order chi connectivity index (χ1) is 8.20. The average molecular weight is 295 g/mol. The van der Waals surface area contributed by atoms with E-state index < -0.39 is 0 Å². The SMILES string of the molecule is Cc1cccc(CC(NN)c2occc2Br)c1. The molecular formula is C13H15BrN2O. The molecule has 0 bridgehead atoms. The van der Waals surface area contributed by atoms with Gasteiger partial charge in [0.2, 0.25) is 0 Å². The number of nitrogens with one attached hydrogen (secondary N) is 1. The summed E-state index contributed by atoms with van der Waals surface area (Å²) < 4.78 is 6.37. The van der Waals surface area contributed by atoms with Gasteiger partial charge >= 0.3 is 0 Å². The van der Waals surface area contributed by atoms with E-state index in [4.69, 9.17) is 10.3 Å². The largest absolute Gasteiger partial charge is 0.466 e. The van der Waals surface area contributed by atoms with Crippen LogP contribution in [-0.2, 0) is 6.42 Å². The molecule has 0 saturated heterocycles. The van der Waals surface area contributed by atoms with E-state index in [1.54, 1.807) is 6.26 Å². The lowest BCUT2D eigenvalue weighted by molar-refractivity contribution is 0.413. The standard InChI is InChI=1S/C13H15BrN2O/c1-9-3-2-4-10(7-9)8-12(16-15)13-11(14)5-6-17-13/h2-7,12,16H,8,15H2,1H3. The molecule has 0 fully saturated rings. The van der Waals surface area contributed by atoms with Gasteiger partial charge in [-0.3, -0.25) is 5.84 Å². The van der Waals surface area contributed by atoms with E-state index in [9.17, 15) is 0 Å². The molecule has 0 aliphatic rings. The highest BCUT2D eigenvalue weighted by Crippen LogP contribution is 2.26. The number of hydrogen-bond acceptors (Lipinski definition) is 3. The van der Waals surface area contributed by atoms with Crippen molar-refractivity contribution in [3.63, 3.8) is 0 Å². The van der Waals surface area contributed by atoms with Crippen molar-refractivity contribution in [3.05, 3.63) is 58.0 Å². The molecule has 2 rings (SSSR count). The van der Waals surface area contributed by atoms with Crippen LogP contribution in [0.4, 0.5) is 0 Å². The highest BCUT2D eigenvalue weighted by molar-refractivity contribution is 9.10. The minimum Gasteiger partial charge on any atom is -0.466 e. The van der Waals surface area contributed by atoms with Gasteiger partial charge in [0.15, 0.2) is 0 Å². The summed E-state index contributed by atoms with van der Waals surface area (Å²) in [7, 11) is 0. The Morgan fingerprint density at radius 1 is 1.41 bits per heavy atom. The van der Waals surface area contributed by atoms with Crippen LogP contribution in [0.1, 0.15) is 22.9 Å². The summed E-state index contributed by atoms with van der Waals surface area (Å²) in [6, 6.07) is 10.2. The van der Waals surface area contributed by atoms with Crippen LogP contribution < -0.4 is 11.3 Å². The Bertz CT molecular complexity index is 496. The first-order valence-corrected chi connectivity index (χ1v) is 6.24. The van der Waals surface area contributed by atoms with Crippen LogP contribution in [0, 0.1) is 6.92 Å². The molecule has 17 heavy (non-hydrogen) atoms. The lowest BCUT2D eigenvalue weighted by atomic mass is 10.0. The Morgan fingerprint density at radius 3 is 2.82 bits per heavy atom. The average Bonchev–Trinajstić information content (AvgIpc) is 2.72. The second-order valence-corrected chi connectivity index (χ2v) is 4.90. The van der Waals surface area contributed by atoms with E-state index in [0.29, 0.717) is 0 Å². The second kappa shape index (κ2) is 5.49. The number of rotatable bonds is 4. The summed E-state index contributed by atoms with van der Waals surface area (Å²) in [6.07, 6.45) is 2.45. The summed E-state index contributed by atoms with van der Waals surface area (Å²) in [5.74, 6) is 6.42. The van der Waals surface area contributed by atoms with E-state index in [0.717, 1.165) is 16.7 Å². The third kappa shape index (κ3) is 2.97. The first-order valence-electron chi connectivity index (χ1n) is 5.45. The molecule has 0 aliphatic heterocycles. The van der Waals surface area contributed by atoms with Gasteiger partial charge in [-0.25, -0.2) is 5.43 Å².